The maximum absolute atomic E-state index is 5.83. The van der Waals surface area contributed by atoms with Crippen LogP contribution in [0, 0.1) is 6.92 Å². The van der Waals surface area contributed by atoms with Crippen LogP contribution in [0.15, 0.2) is 24.3 Å². The number of nitrogens with one attached hydrogen (secondary N) is 1. The molecule has 1 N–H and O–H groups in total. The third-order valence-corrected chi connectivity index (χ3v) is 3.37. The van der Waals surface area contributed by atoms with E-state index in [1.165, 1.54) is 31.2 Å². The largest absolute Gasteiger partial charge is 0.494 e. The molecule has 2 heteroatoms. The van der Waals surface area contributed by atoms with E-state index in [0.717, 1.165) is 25.3 Å². The molecule has 108 valence electrons. The molecule has 2 nitrogen and oxygen atoms in total. The van der Waals surface area contributed by atoms with Crippen LogP contribution in [0.3, 0.4) is 0 Å². The smallest absolute Gasteiger partial charge is 0.119 e. The third-order valence-electron chi connectivity index (χ3n) is 3.37. The predicted octanol–water partition coefficient (Wildman–Crippen LogP) is 4.32. The summed E-state index contributed by atoms with van der Waals surface area (Å²) < 4.78 is 5.83. The highest BCUT2D eigenvalue weighted by molar-refractivity contribution is 5.27. The van der Waals surface area contributed by atoms with Crippen LogP contribution < -0.4 is 10.1 Å². The Balaban J connectivity index is 2.27. The molecular formula is C17H29NO. The van der Waals surface area contributed by atoms with Crippen molar-refractivity contribution in [2.45, 2.75) is 58.9 Å². The fourth-order valence-electron chi connectivity index (χ4n) is 2.30. The third kappa shape index (κ3) is 7.22. The Kier molecular flexibility index (Phi) is 8.31. The molecule has 0 aliphatic carbocycles. The van der Waals surface area contributed by atoms with Crippen molar-refractivity contribution in [3.05, 3.63) is 29.8 Å². The van der Waals surface area contributed by atoms with Crippen molar-refractivity contribution in [2.75, 3.05) is 13.2 Å². The van der Waals surface area contributed by atoms with Crippen LogP contribution in [-0.4, -0.2) is 19.2 Å². The molecule has 1 aromatic rings. The molecular weight excluding hydrogens is 234 g/mol. The summed E-state index contributed by atoms with van der Waals surface area (Å²) in [7, 11) is 0. The summed E-state index contributed by atoms with van der Waals surface area (Å²) in [5.74, 6) is 0.990. The first kappa shape index (κ1) is 16.0. The fraction of sp³-hybridized carbons (Fsp3) is 0.647. The van der Waals surface area contributed by atoms with E-state index in [0.29, 0.717) is 6.04 Å². The molecule has 1 unspecified atom stereocenters. The van der Waals surface area contributed by atoms with E-state index in [4.69, 9.17) is 4.74 Å². The van der Waals surface area contributed by atoms with Gasteiger partial charge < -0.3 is 10.1 Å². The molecule has 0 aliphatic rings. The molecule has 19 heavy (non-hydrogen) atoms. The van der Waals surface area contributed by atoms with Gasteiger partial charge in [-0.15, -0.1) is 0 Å². The van der Waals surface area contributed by atoms with Gasteiger partial charge in [-0.1, -0.05) is 45.2 Å². The zero-order valence-electron chi connectivity index (χ0n) is 12.7. The minimum absolute atomic E-state index is 0.598. The lowest BCUT2D eigenvalue weighted by Crippen LogP contribution is -2.30. The van der Waals surface area contributed by atoms with Crippen LogP contribution in [-0.2, 0) is 0 Å². The molecule has 0 saturated heterocycles. The maximum Gasteiger partial charge on any atom is 0.119 e. The van der Waals surface area contributed by atoms with Crippen molar-refractivity contribution >= 4 is 0 Å². The van der Waals surface area contributed by atoms with Gasteiger partial charge in [-0.05, 0) is 44.0 Å². The molecule has 0 aromatic heterocycles. The number of aryl methyl sites for hydroxylation is 1. The normalized spacial score (nSPS) is 12.4. The second-order valence-electron chi connectivity index (χ2n) is 5.20. The van der Waals surface area contributed by atoms with E-state index in [1.54, 1.807) is 0 Å². The molecule has 1 rings (SSSR count). The van der Waals surface area contributed by atoms with Gasteiger partial charge in [-0.25, -0.2) is 0 Å². The summed E-state index contributed by atoms with van der Waals surface area (Å²) in [4.78, 5) is 0. The average molecular weight is 263 g/mol. The van der Waals surface area contributed by atoms with Crippen LogP contribution in [0.1, 0.15) is 51.5 Å². The number of hydrogen-bond acceptors (Lipinski definition) is 2. The van der Waals surface area contributed by atoms with Crippen LogP contribution in [0.2, 0.25) is 0 Å². The Hall–Kier alpha value is -1.02. The van der Waals surface area contributed by atoms with Gasteiger partial charge in [0.1, 0.15) is 5.75 Å². The monoisotopic (exact) mass is 263 g/mol. The highest BCUT2D eigenvalue weighted by Gasteiger charge is 2.07. The zero-order valence-corrected chi connectivity index (χ0v) is 12.7. The number of benzene rings is 1. The van der Waals surface area contributed by atoms with Crippen LogP contribution >= 0.6 is 0 Å². The van der Waals surface area contributed by atoms with Crippen molar-refractivity contribution in [2.24, 2.45) is 0 Å². The van der Waals surface area contributed by atoms with Crippen molar-refractivity contribution in [1.82, 2.24) is 5.32 Å². The van der Waals surface area contributed by atoms with E-state index < -0.39 is 0 Å². The van der Waals surface area contributed by atoms with Crippen molar-refractivity contribution in [3.63, 3.8) is 0 Å². The van der Waals surface area contributed by atoms with Crippen LogP contribution in [0.5, 0.6) is 5.75 Å². The molecule has 1 aromatic carbocycles. The molecule has 0 bridgehead atoms. The van der Waals surface area contributed by atoms with E-state index >= 15 is 0 Å². The molecule has 1 atom stereocenters. The molecule has 0 heterocycles. The SMILES string of the molecule is CCCCCC(CCOc1cccc(C)c1)NCC. The lowest BCUT2D eigenvalue weighted by molar-refractivity contribution is 0.279. The van der Waals surface area contributed by atoms with Crippen molar-refractivity contribution in [1.29, 1.82) is 0 Å². The second-order valence-corrected chi connectivity index (χ2v) is 5.20. The highest BCUT2D eigenvalue weighted by Crippen LogP contribution is 2.13. The summed E-state index contributed by atoms with van der Waals surface area (Å²) in [6, 6.07) is 8.87. The Labute approximate surface area is 118 Å². The quantitative estimate of drug-likeness (QED) is 0.635. The fourth-order valence-corrected chi connectivity index (χ4v) is 2.30. The first-order valence-corrected chi connectivity index (χ1v) is 7.69. The Morgan fingerprint density at radius 3 is 2.68 bits per heavy atom. The molecule has 0 amide bonds. The number of hydrogen-bond donors (Lipinski definition) is 1. The molecule has 0 saturated carbocycles. The number of unbranched alkanes of at least 4 members (excludes halogenated alkanes) is 2. The molecule has 0 aliphatic heterocycles. The minimum Gasteiger partial charge on any atom is -0.494 e. The van der Waals surface area contributed by atoms with Gasteiger partial charge in [-0.2, -0.15) is 0 Å². The van der Waals surface area contributed by atoms with E-state index in [1.807, 2.05) is 12.1 Å². The molecule has 0 spiro atoms. The van der Waals surface area contributed by atoms with Gasteiger partial charge in [0.05, 0.1) is 6.61 Å². The van der Waals surface area contributed by atoms with Gasteiger partial charge in [0, 0.05) is 6.04 Å². The lowest BCUT2D eigenvalue weighted by atomic mass is 10.1. The summed E-state index contributed by atoms with van der Waals surface area (Å²) in [6.07, 6.45) is 6.29. The summed E-state index contributed by atoms with van der Waals surface area (Å²) in [5.41, 5.74) is 1.25. The average Bonchev–Trinajstić information content (AvgIpc) is 2.39. The Bertz CT molecular complexity index is 338. The van der Waals surface area contributed by atoms with Crippen molar-refractivity contribution < 1.29 is 4.74 Å². The van der Waals surface area contributed by atoms with E-state index in [2.05, 4.69) is 38.2 Å². The van der Waals surface area contributed by atoms with Gasteiger partial charge in [0.15, 0.2) is 0 Å². The summed E-state index contributed by atoms with van der Waals surface area (Å²) in [6.45, 7) is 8.37. The zero-order chi connectivity index (χ0) is 13.9. The second kappa shape index (κ2) is 9.85. The Morgan fingerprint density at radius 1 is 1.16 bits per heavy atom. The molecule has 0 radical (unpaired) electrons. The summed E-state index contributed by atoms with van der Waals surface area (Å²) in [5, 5.41) is 3.56. The molecule has 0 fully saturated rings. The first-order valence-electron chi connectivity index (χ1n) is 7.69. The van der Waals surface area contributed by atoms with E-state index in [-0.39, 0.29) is 0 Å². The van der Waals surface area contributed by atoms with Gasteiger partial charge >= 0.3 is 0 Å². The maximum atomic E-state index is 5.83. The lowest BCUT2D eigenvalue weighted by Gasteiger charge is -2.18. The number of ether oxygens (including phenoxy) is 1. The van der Waals surface area contributed by atoms with E-state index in [9.17, 15) is 0 Å². The van der Waals surface area contributed by atoms with Gasteiger partial charge in [0.2, 0.25) is 0 Å². The van der Waals surface area contributed by atoms with Crippen molar-refractivity contribution in [3.8, 4) is 5.75 Å². The highest BCUT2D eigenvalue weighted by atomic mass is 16.5. The topological polar surface area (TPSA) is 21.3 Å². The van der Waals surface area contributed by atoms with Crippen LogP contribution in [0.4, 0.5) is 0 Å². The number of rotatable bonds is 10. The standard InChI is InChI=1S/C17H29NO/c1-4-6-7-10-16(18-5-2)12-13-19-17-11-8-9-15(3)14-17/h8-9,11,14,16,18H,4-7,10,12-13H2,1-3H3. The predicted molar refractivity (Wildman–Crippen MR) is 82.9 cm³/mol. The first-order chi connectivity index (χ1) is 9.26. The Morgan fingerprint density at radius 2 is 2.00 bits per heavy atom. The minimum atomic E-state index is 0.598. The van der Waals surface area contributed by atoms with Gasteiger partial charge in [-0.3, -0.25) is 0 Å². The van der Waals surface area contributed by atoms with Gasteiger partial charge in [0.25, 0.3) is 0 Å². The van der Waals surface area contributed by atoms with Crippen LogP contribution in [0.25, 0.3) is 0 Å². The summed E-state index contributed by atoms with van der Waals surface area (Å²) >= 11 is 0.